The molecule has 0 saturated heterocycles. The molecule has 8 rings (SSSR count). The molecule has 6 heteroatoms. The molecule has 2 aliphatic rings. The lowest BCUT2D eigenvalue weighted by Gasteiger charge is -2.44. The van der Waals surface area contributed by atoms with Crippen molar-refractivity contribution in [1.82, 2.24) is 0 Å². The number of amidine groups is 2. The fourth-order valence-electron chi connectivity index (χ4n) is 6.80. The molecule has 0 aromatic heterocycles. The fraction of sp³-hybridized carbons (Fsp3) is 0.0476. The highest BCUT2D eigenvalue weighted by molar-refractivity contribution is 6.37. The Kier molecular flexibility index (Phi) is 7.68. The highest BCUT2D eigenvalue weighted by Gasteiger charge is 2.64. The van der Waals surface area contributed by atoms with Crippen molar-refractivity contribution in [3.05, 3.63) is 213 Å². The number of benzene rings is 6. The minimum atomic E-state index is -1.25. The van der Waals surface area contributed by atoms with Crippen molar-refractivity contribution in [2.75, 3.05) is 0 Å². The van der Waals surface area contributed by atoms with E-state index >= 15 is 0 Å². The van der Waals surface area contributed by atoms with Crippen LogP contribution in [0.1, 0.15) is 33.4 Å². The molecule has 0 radical (unpaired) electrons. The number of hydrogen-bond donors (Lipinski definition) is 0. The van der Waals surface area contributed by atoms with E-state index in [0.717, 1.165) is 44.8 Å². The second-order valence-corrected chi connectivity index (χ2v) is 12.5. The predicted octanol–water partition coefficient (Wildman–Crippen LogP) is 9.98. The Labute approximate surface area is 289 Å². The molecule has 4 nitrogen and oxygen atoms in total. The predicted molar refractivity (Wildman–Crippen MR) is 198 cm³/mol. The van der Waals surface area contributed by atoms with E-state index in [0.29, 0.717) is 21.7 Å². The van der Waals surface area contributed by atoms with Gasteiger partial charge in [-0.1, -0.05) is 169 Å². The van der Waals surface area contributed by atoms with E-state index in [1.165, 1.54) is 0 Å². The van der Waals surface area contributed by atoms with Crippen LogP contribution in [-0.2, 0) is 11.1 Å². The van der Waals surface area contributed by atoms with Crippen molar-refractivity contribution < 1.29 is 0 Å². The summed E-state index contributed by atoms with van der Waals surface area (Å²) >= 11 is 13.8. The maximum Gasteiger partial charge on any atom is 0.165 e. The Hall–Kier alpha value is -5.42. The molecule has 0 spiro atoms. The van der Waals surface area contributed by atoms with Gasteiger partial charge < -0.3 is 0 Å². The maximum absolute atomic E-state index is 6.88. The first-order valence-electron chi connectivity index (χ1n) is 15.7. The Morgan fingerprint density at radius 1 is 0.354 bits per heavy atom. The molecule has 230 valence electrons. The lowest BCUT2D eigenvalue weighted by atomic mass is 9.62. The van der Waals surface area contributed by atoms with E-state index in [1.807, 2.05) is 121 Å². The van der Waals surface area contributed by atoms with Gasteiger partial charge in [0.25, 0.3) is 0 Å². The molecule has 0 N–H and O–H groups in total. The standard InChI is InChI=1S/C42H28Cl2N4/c43-35-27-15-13-25-33(35)39-45-37(29-17-5-1-6-18-29)41(47-39,31-21-9-3-10-22-31)42(32-23-11-4-12-24-32)38(30-19-7-2-8-20-30)46-40(48-42)34-26-14-16-28-36(34)44/h1-28H/t41-,42?/m1/s1. The number of hydrogen-bond acceptors (Lipinski definition) is 4. The van der Waals surface area contributed by atoms with Gasteiger partial charge in [0.2, 0.25) is 0 Å². The molecule has 2 heterocycles. The first-order chi connectivity index (χ1) is 23.6. The molecular formula is C42H28Cl2N4. The number of aliphatic imine (C=N–C) groups is 4. The molecular weight excluding hydrogens is 631 g/mol. The number of rotatable bonds is 7. The quantitative estimate of drug-likeness (QED) is 0.164. The average Bonchev–Trinajstić information content (AvgIpc) is 3.76. The zero-order valence-electron chi connectivity index (χ0n) is 25.7. The third-order valence-electron chi connectivity index (χ3n) is 8.90. The SMILES string of the molecule is Clc1ccccc1C1=NC(c2ccccc2)([C@]2(c3ccccc3)N=C(c3ccccc3Cl)N=C2c2ccccc2)C(c2ccccc2)=N1. The lowest BCUT2D eigenvalue weighted by molar-refractivity contribution is 0.420. The number of nitrogens with zero attached hydrogens (tertiary/aromatic N) is 4. The van der Waals surface area contributed by atoms with Crippen LogP contribution in [0.5, 0.6) is 0 Å². The maximum atomic E-state index is 6.88. The minimum absolute atomic E-state index is 0.521. The lowest BCUT2D eigenvalue weighted by Crippen LogP contribution is -2.55. The Morgan fingerprint density at radius 3 is 1.02 bits per heavy atom. The molecule has 6 aromatic rings. The van der Waals surface area contributed by atoms with Crippen molar-refractivity contribution in [1.29, 1.82) is 0 Å². The Morgan fingerprint density at radius 2 is 0.667 bits per heavy atom. The molecule has 48 heavy (non-hydrogen) atoms. The monoisotopic (exact) mass is 658 g/mol. The van der Waals surface area contributed by atoms with Crippen molar-refractivity contribution in [2.24, 2.45) is 20.0 Å². The van der Waals surface area contributed by atoms with Crippen molar-refractivity contribution in [3.8, 4) is 0 Å². The van der Waals surface area contributed by atoms with Crippen LogP contribution in [0.2, 0.25) is 10.0 Å². The van der Waals surface area contributed by atoms with Gasteiger partial charge in [0, 0.05) is 11.1 Å². The summed E-state index contributed by atoms with van der Waals surface area (Å²) < 4.78 is 0. The normalized spacial score (nSPS) is 20.1. The Bertz CT molecular complexity index is 2090. The van der Waals surface area contributed by atoms with E-state index in [-0.39, 0.29) is 0 Å². The first-order valence-corrected chi connectivity index (χ1v) is 16.5. The molecule has 1 unspecified atom stereocenters. The summed E-state index contributed by atoms with van der Waals surface area (Å²) in [5, 5.41) is 1.13. The molecule has 6 aromatic carbocycles. The van der Waals surface area contributed by atoms with E-state index in [2.05, 4.69) is 48.5 Å². The van der Waals surface area contributed by atoms with Gasteiger partial charge in [-0.15, -0.1) is 0 Å². The van der Waals surface area contributed by atoms with Crippen LogP contribution < -0.4 is 0 Å². The van der Waals surface area contributed by atoms with Gasteiger partial charge in [0.15, 0.2) is 22.7 Å². The third kappa shape index (κ3) is 4.76. The van der Waals surface area contributed by atoms with Gasteiger partial charge in [0.1, 0.15) is 0 Å². The van der Waals surface area contributed by atoms with Gasteiger partial charge in [-0.2, -0.15) is 0 Å². The van der Waals surface area contributed by atoms with E-state index in [1.54, 1.807) is 0 Å². The molecule has 0 aliphatic carbocycles. The van der Waals surface area contributed by atoms with Crippen molar-refractivity contribution in [2.45, 2.75) is 11.1 Å². The van der Waals surface area contributed by atoms with Gasteiger partial charge in [-0.05, 0) is 46.5 Å². The second kappa shape index (κ2) is 12.3. The van der Waals surface area contributed by atoms with E-state index in [9.17, 15) is 0 Å². The largest absolute Gasteiger partial charge is 0.245 e. The molecule has 0 bridgehead atoms. The molecule has 2 aliphatic heterocycles. The summed E-state index contributed by atoms with van der Waals surface area (Å²) in [6.45, 7) is 0. The molecule has 0 fully saturated rings. The van der Waals surface area contributed by atoms with Crippen LogP contribution >= 0.6 is 23.2 Å². The van der Waals surface area contributed by atoms with Gasteiger partial charge in [0.05, 0.1) is 21.5 Å². The Balaban J connectivity index is 1.58. The summed E-state index contributed by atoms with van der Waals surface area (Å²) in [5.41, 5.74) is 4.10. The zero-order chi connectivity index (χ0) is 32.6. The van der Waals surface area contributed by atoms with E-state index in [4.69, 9.17) is 43.2 Å². The van der Waals surface area contributed by atoms with Gasteiger partial charge in [-0.25, -0.2) is 20.0 Å². The first kappa shape index (κ1) is 29.9. The van der Waals surface area contributed by atoms with Crippen LogP contribution in [0.3, 0.4) is 0 Å². The fourth-order valence-corrected chi connectivity index (χ4v) is 7.24. The third-order valence-corrected chi connectivity index (χ3v) is 9.56. The topological polar surface area (TPSA) is 49.4 Å². The minimum Gasteiger partial charge on any atom is -0.245 e. The van der Waals surface area contributed by atoms with Crippen LogP contribution in [0.4, 0.5) is 0 Å². The summed E-state index contributed by atoms with van der Waals surface area (Å²) in [4.78, 5) is 22.3. The molecule has 0 saturated carbocycles. The molecule has 0 amide bonds. The van der Waals surface area contributed by atoms with Gasteiger partial charge in [-0.3, -0.25) is 0 Å². The zero-order valence-corrected chi connectivity index (χ0v) is 27.2. The molecule has 2 atom stereocenters. The van der Waals surface area contributed by atoms with Crippen LogP contribution in [0.15, 0.2) is 190 Å². The van der Waals surface area contributed by atoms with Crippen LogP contribution in [0.25, 0.3) is 0 Å². The van der Waals surface area contributed by atoms with Crippen LogP contribution in [-0.4, -0.2) is 23.1 Å². The average molecular weight is 660 g/mol. The van der Waals surface area contributed by atoms with Crippen LogP contribution in [0, 0.1) is 0 Å². The smallest absolute Gasteiger partial charge is 0.165 e. The summed E-state index contributed by atoms with van der Waals surface area (Å²) in [6, 6.07) is 56.4. The summed E-state index contributed by atoms with van der Waals surface area (Å²) in [6.07, 6.45) is 0. The van der Waals surface area contributed by atoms with Crippen molar-refractivity contribution >= 4 is 46.3 Å². The van der Waals surface area contributed by atoms with Crippen molar-refractivity contribution in [3.63, 3.8) is 0 Å². The number of halogens is 2. The highest BCUT2D eigenvalue weighted by atomic mass is 35.5. The summed E-state index contributed by atoms with van der Waals surface area (Å²) in [5.74, 6) is 1.04. The highest BCUT2D eigenvalue weighted by Crippen LogP contribution is 2.55. The summed E-state index contributed by atoms with van der Waals surface area (Å²) in [7, 11) is 0. The van der Waals surface area contributed by atoms with E-state index < -0.39 is 11.1 Å². The second-order valence-electron chi connectivity index (χ2n) is 11.6. The van der Waals surface area contributed by atoms with Gasteiger partial charge >= 0.3 is 0 Å².